The van der Waals surface area contributed by atoms with Gasteiger partial charge in [0, 0.05) is 23.2 Å². The predicted molar refractivity (Wildman–Crippen MR) is 75.1 cm³/mol. The van der Waals surface area contributed by atoms with E-state index in [0.29, 0.717) is 0 Å². The summed E-state index contributed by atoms with van der Waals surface area (Å²) < 4.78 is 0. The molecule has 0 saturated carbocycles. The van der Waals surface area contributed by atoms with Gasteiger partial charge in [-0.2, -0.15) is 5.10 Å². The van der Waals surface area contributed by atoms with Gasteiger partial charge in [-0.25, -0.2) is 4.98 Å². The second kappa shape index (κ2) is 4.93. The third kappa shape index (κ3) is 2.36. The monoisotopic (exact) mass is 254 g/mol. The molecule has 88 valence electrons. The van der Waals surface area contributed by atoms with Gasteiger partial charge in [-0.15, -0.1) is 11.3 Å². The van der Waals surface area contributed by atoms with Crippen LogP contribution in [0.15, 0.2) is 53.2 Å². The number of nitrogens with one attached hydrogen (secondary N) is 1. The van der Waals surface area contributed by atoms with Gasteiger partial charge in [-0.3, -0.25) is 10.4 Å². The van der Waals surface area contributed by atoms with Gasteiger partial charge >= 0.3 is 0 Å². The number of hydrazone groups is 1. The molecule has 0 bridgehead atoms. The van der Waals surface area contributed by atoms with Gasteiger partial charge in [0.15, 0.2) is 0 Å². The number of pyridine rings is 1. The van der Waals surface area contributed by atoms with Gasteiger partial charge in [-0.1, -0.05) is 24.3 Å². The van der Waals surface area contributed by atoms with Crippen LogP contribution in [0.5, 0.6) is 0 Å². The Hall–Kier alpha value is -2.27. The first kappa shape index (κ1) is 10.9. The molecule has 18 heavy (non-hydrogen) atoms. The van der Waals surface area contributed by atoms with E-state index in [1.54, 1.807) is 12.4 Å². The highest BCUT2D eigenvalue weighted by molar-refractivity contribution is 7.13. The van der Waals surface area contributed by atoms with Gasteiger partial charge in [0.05, 0.1) is 11.9 Å². The first-order valence-corrected chi connectivity index (χ1v) is 6.33. The molecule has 0 atom stereocenters. The molecule has 3 aromatic rings. The summed E-state index contributed by atoms with van der Waals surface area (Å²) >= 11 is 1.50. The minimum absolute atomic E-state index is 0.770. The molecule has 2 heterocycles. The number of hydrogen-bond donors (Lipinski definition) is 1. The molecule has 0 saturated heterocycles. The SMILES string of the molecule is C(=NNc1nccs1)c1cc2ccccc2cn1. The Morgan fingerprint density at radius 3 is 2.89 bits per heavy atom. The maximum absolute atomic E-state index is 4.32. The summed E-state index contributed by atoms with van der Waals surface area (Å²) in [6.45, 7) is 0. The summed E-state index contributed by atoms with van der Waals surface area (Å²) in [5.41, 5.74) is 3.68. The molecule has 5 heteroatoms. The predicted octanol–water partition coefficient (Wildman–Crippen LogP) is 3.14. The highest BCUT2D eigenvalue weighted by Crippen LogP contribution is 2.13. The Balaban J connectivity index is 1.80. The summed E-state index contributed by atoms with van der Waals surface area (Å²) in [4.78, 5) is 8.39. The van der Waals surface area contributed by atoms with Crippen molar-refractivity contribution >= 4 is 33.5 Å². The maximum atomic E-state index is 4.32. The topological polar surface area (TPSA) is 50.2 Å². The zero-order chi connectivity index (χ0) is 12.2. The van der Waals surface area contributed by atoms with Crippen LogP contribution in [0.3, 0.4) is 0 Å². The number of anilines is 1. The number of benzene rings is 1. The Bertz CT molecular complexity index is 676. The van der Waals surface area contributed by atoms with Crippen LogP contribution < -0.4 is 5.43 Å². The molecule has 4 nitrogen and oxygen atoms in total. The number of hydrogen-bond acceptors (Lipinski definition) is 5. The van der Waals surface area contributed by atoms with E-state index < -0.39 is 0 Å². The smallest absolute Gasteiger partial charge is 0.203 e. The largest absolute Gasteiger partial charge is 0.255 e. The molecular formula is C13H10N4S. The van der Waals surface area contributed by atoms with Crippen LogP contribution in [0.2, 0.25) is 0 Å². The van der Waals surface area contributed by atoms with Crippen LogP contribution in [-0.4, -0.2) is 16.2 Å². The zero-order valence-electron chi connectivity index (χ0n) is 9.45. The molecule has 0 radical (unpaired) electrons. The highest BCUT2D eigenvalue weighted by Gasteiger charge is 1.95. The fraction of sp³-hybridized carbons (Fsp3) is 0. The van der Waals surface area contributed by atoms with E-state index >= 15 is 0 Å². The van der Waals surface area contributed by atoms with Crippen molar-refractivity contribution in [3.8, 4) is 0 Å². The van der Waals surface area contributed by atoms with Gasteiger partial charge in [0.1, 0.15) is 0 Å². The van der Waals surface area contributed by atoms with Crippen molar-refractivity contribution in [2.24, 2.45) is 5.10 Å². The normalized spacial score (nSPS) is 11.1. The zero-order valence-corrected chi connectivity index (χ0v) is 10.3. The van der Waals surface area contributed by atoms with Crippen molar-refractivity contribution in [2.45, 2.75) is 0 Å². The van der Waals surface area contributed by atoms with Crippen LogP contribution in [0.4, 0.5) is 5.13 Å². The molecule has 0 aliphatic rings. The first-order chi connectivity index (χ1) is 8.92. The average Bonchev–Trinajstić information content (AvgIpc) is 2.92. The van der Waals surface area contributed by atoms with E-state index in [-0.39, 0.29) is 0 Å². The fourth-order valence-corrected chi connectivity index (χ4v) is 2.08. The van der Waals surface area contributed by atoms with Crippen LogP contribution in [-0.2, 0) is 0 Å². The molecule has 0 fully saturated rings. The lowest BCUT2D eigenvalue weighted by Gasteiger charge is -1.98. The van der Waals surface area contributed by atoms with Crippen LogP contribution >= 0.6 is 11.3 Å². The third-order valence-electron chi connectivity index (χ3n) is 2.44. The molecule has 2 aromatic heterocycles. The Kier molecular flexibility index (Phi) is 2.97. The maximum Gasteiger partial charge on any atom is 0.203 e. The molecule has 0 spiro atoms. The van der Waals surface area contributed by atoms with Crippen molar-refractivity contribution in [1.29, 1.82) is 0 Å². The minimum Gasteiger partial charge on any atom is -0.255 e. The van der Waals surface area contributed by atoms with Crippen molar-refractivity contribution in [3.05, 3.63) is 53.8 Å². The Labute approximate surface area is 108 Å². The lowest BCUT2D eigenvalue weighted by Crippen LogP contribution is -1.92. The minimum atomic E-state index is 0.770. The molecular weight excluding hydrogens is 244 g/mol. The Morgan fingerprint density at radius 2 is 2.06 bits per heavy atom. The van der Waals surface area contributed by atoms with Gasteiger partial charge in [0.25, 0.3) is 0 Å². The summed E-state index contributed by atoms with van der Waals surface area (Å²) in [7, 11) is 0. The summed E-state index contributed by atoms with van der Waals surface area (Å²) in [5, 5.41) is 9.05. The second-order valence-corrected chi connectivity index (χ2v) is 4.56. The molecule has 0 amide bonds. The lowest BCUT2D eigenvalue weighted by atomic mass is 10.1. The number of thiazole rings is 1. The van der Waals surface area contributed by atoms with E-state index in [4.69, 9.17) is 0 Å². The number of aromatic nitrogens is 2. The number of fused-ring (bicyclic) bond motifs is 1. The van der Waals surface area contributed by atoms with Crippen LogP contribution in [0.25, 0.3) is 10.8 Å². The van der Waals surface area contributed by atoms with Crippen molar-refractivity contribution < 1.29 is 0 Å². The third-order valence-corrected chi connectivity index (χ3v) is 3.12. The van der Waals surface area contributed by atoms with Crippen molar-refractivity contribution in [2.75, 3.05) is 5.43 Å². The number of nitrogens with zero attached hydrogens (tertiary/aromatic N) is 3. The number of rotatable bonds is 3. The molecule has 0 unspecified atom stereocenters. The van der Waals surface area contributed by atoms with E-state index in [1.807, 2.05) is 35.8 Å². The molecule has 1 N–H and O–H groups in total. The highest BCUT2D eigenvalue weighted by atomic mass is 32.1. The molecule has 0 aliphatic heterocycles. The van der Waals surface area contributed by atoms with Gasteiger partial charge in [0.2, 0.25) is 5.13 Å². The average molecular weight is 254 g/mol. The first-order valence-electron chi connectivity index (χ1n) is 5.45. The van der Waals surface area contributed by atoms with Gasteiger partial charge < -0.3 is 0 Å². The molecule has 0 aliphatic carbocycles. The summed E-state index contributed by atoms with van der Waals surface area (Å²) in [5.74, 6) is 0. The van der Waals surface area contributed by atoms with Crippen LogP contribution in [0.1, 0.15) is 5.69 Å². The van der Waals surface area contributed by atoms with Crippen molar-refractivity contribution in [1.82, 2.24) is 9.97 Å². The molecule has 1 aromatic carbocycles. The quantitative estimate of drug-likeness (QED) is 0.577. The van der Waals surface area contributed by atoms with E-state index in [9.17, 15) is 0 Å². The summed E-state index contributed by atoms with van der Waals surface area (Å²) in [6, 6.07) is 10.1. The van der Waals surface area contributed by atoms with Gasteiger partial charge in [-0.05, 0) is 11.5 Å². The Morgan fingerprint density at radius 1 is 1.17 bits per heavy atom. The van der Waals surface area contributed by atoms with E-state index in [2.05, 4.69) is 26.6 Å². The van der Waals surface area contributed by atoms with E-state index in [0.717, 1.165) is 21.6 Å². The summed E-state index contributed by atoms with van der Waals surface area (Å²) in [6.07, 6.45) is 5.27. The molecule has 3 rings (SSSR count). The second-order valence-electron chi connectivity index (χ2n) is 3.66. The lowest BCUT2D eigenvalue weighted by molar-refractivity contribution is 1.27. The van der Waals surface area contributed by atoms with E-state index in [1.165, 1.54) is 11.3 Å². The van der Waals surface area contributed by atoms with Crippen LogP contribution in [0, 0.1) is 0 Å². The van der Waals surface area contributed by atoms with Crippen molar-refractivity contribution in [3.63, 3.8) is 0 Å². The fourth-order valence-electron chi connectivity index (χ4n) is 1.60. The standard InChI is InChI=1S/C13H10N4S/c1-2-4-11-8-15-12(7-10(11)3-1)9-16-17-13-14-5-6-18-13/h1-9H,(H,14,17).